The maximum absolute atomic E-state index is 13.0. The molecule has 0 bridgehead atoms. The van der Waals surface area contributed by atoms with Crippen LogP contribution in [0, 0.1) is 11.7 Å². The lowest BCUT2D eigenvalue weighted by molar-refractivity contribution is -0.124. The number of rotatable bonds is 6. The number of hydrogen-bond acceptors (Lipinski definition) is 3. The molecule has 0 spiro atoms. The van der Waals surface area contributed by atoms with Gasteiger partial charge in [-0.25, -0.2) is 4.39 Å². The van der Waals surface area contributed by atoms with Gasteiger partial charge in [0.05, 0.1) is 10.5 Å². The zero-order valence-corrected chi connectivity index (χ0v) is 14.7. The third kappa shape index (κ3) is 4.55. The van der Waals surface area contributed by atoms with Crippen LogP contribution in [0.2, 0.25) is 0 Å². The summed E-state index contributed by atoms with van der Waals surface area (Å²) in [4.78, 5) is 13.2. The Morgan fingerprint density at radius 3 is 2.77 bits per heavy atom. The van der Waals surface area contributed by atoms with Crippen molar-refractivity contribution >= 4 is 33.2 Å². The van der Waals surface area contributed by atoms with Crippen LogP contribution in [0.15, 0.2) is 40.2 Å². The molecule has 1 aromatic heterocycles. The van der Waals surface area contributed by atoms with Crippen molar-refractivity contribution in [2.75, 3.05) is 6.61 Å². The number of amides is 1. The minimum Gasteiger partial charge on any atom is -0.483 e. The second-order valence-corrected chi connectivity index (χ2v) is 7.00. The highest BCUT2D eigenvalue weighted by atomic mass is 79.9. The zero-order valence-electron chi connectivity index (χ0n) is 12.3. The molecule has 0 aliphatic heterocycles. The number of thiophene rings is 1. The van der Waals surface area contributed by atoms with Crippen molar-refractivity contribution in [3.8, 4) is 5.75 Å². The van der Waals surface area contributed by atoms with Crippen LogP contribution in [0.3, 0.4) is 0 Å². The predicted molar refractivity (Wildman–Crippen MR) is 89.6 cm³/mol. The van der Waals surface area contributed by atoms with Crippen LogP contribution < -0.4 is 10.1 Å². The number of hydrogen-bond donors (Lipinski definition) is 1. The van der Waals surface area contributed by atoms with Crippen LogP contribution in [0.4, 0.5) is 4.39 Å². The van der Waals surface area contributed by atoms with Gasteiger partial charge >= 0.3 is 0 Å². The monoisotopic (exact) mass is 385 g/mol. The van der Waals surface area contributed by atoms with Crippen LogP contribution in [-0.4, -0.2) is 12.5 Å². The predicted octanol–water partition coefficient (Wildman–Crippen LogP) is 4.54. The number of carbonyl (C=O) groups excluding carboxylic acids is 1. The van der Waals surface area contributed by atoms with Crippen LogP contribution in [0.5, 0.6) is 5.75 Å². The van der Waals surface area contributed by atoms with Gasteiger partial charge in [-0.15, -0.1) is 11.3 Å². The van der Waals surface area contributed by atoms with E-state index in [0.717, 1.165) is 4.88 Å². The van der Waals surface area contributed by atoms with Crippen molar-refractivity contribution in [3.63, 3.8) is 0 Å². The quantitative estimate of drug-likeness (QED) is 0.792. The van der Waals surface area contributed by atoms with Crippen molar-refractivity contribution in [1.82, 2.24) is 5.32 Å². The maximum Gasteiger partial charge on any atom is 0.258 e. The summed E-state index contributed by atoms with van der Waals surface area (Å²) < 4.78 is 18.9. The first-order chi connectivity index (χ1) is 10.5. The van der Waals surface area contributed by atoms with Gasteiger partial charge in [0.1, 0.15) is 11.6 Å². The van der Waals surface area contributed by atoms with Crippen molar-refractivity contribution in [3.05, 3.63) is 50.9 Å². The fourth-order valence-electron chi connectivity index (χ4n) is 1.99. The lowest BCUT2D eigenvalue weighted by atomic mass is 10.0. The molecule has 3 nitrogen and oxygen atoms in total. The molecule has 1 amide bonds. The molecule has 1 aromatic carbocycles. The number of benzene rings is 1. The smallest absolute Gasteiger partial charge is 0.258 e. The van der Waals surface area contributed by atoms with E-state index in [1.807, 2.05) is 17.5 Å². The van der Waals surface area contributed by atoms with E-state index in [1.165, 1.54) is 18.2 Å². The summed E-state index contributed by atoms with van der Waals surface area (Å²) in [7, 11) is 0. The van der Waals surface area contributed by atoms with Gasteiger partial charge in [-0.05, 0) is 51.5 Å². The van der Waals surface area contributed by atoms with E-state index in [2.05, 4.69) is 35.1 Å². The van der Waals surface area contributed by atoms with Gasteiger partial charge in [-0.3, -0.25) is 4.79 Å². The van der Waals surface area contributed by atoms with E-state index in [9.17, 15) is 9.18 Å². The van der Waals surface area contributed by atoms with Gasteiger partial charge in [0.15, 0.2) is 6.61 Å². The van der Waals surface area contributed by atoms with Crippen LogP contribution in [0.1, 0.15) is 24.8 Å². The summed E-state index contributed by atoms with van der Waals surface area (Å²) in [5.74, 6) is 0.151. The second-order valence-electron chi connectivity index (χ2n) is 5.17. The summed E-state index contributed by atoms with van der Waals surface area (Å²) in [6, 6.07) is 8.02. The Hall–Kier alpha value is -1.40. The SMILES string of the molecule is CC(C)C(NC(=O)COc1ccc(F)cc1Br)c1cccs1. The molecule has 0 aliphatic carbocycles. The highest BCUT2D eigenvalue weighted by Crippen LogP contribution is 2.27. The first-order valence-electron chi connectivity index (χ1n) is 6.88. The number of carbonyl (C=O) groups is 1. The van der Waals surface area contributed by atoms with E-state index in [0.29, 0.717) is 10.2 Å². The van der Waals surface area contributed by atoms with Crippen LogP contribution in [0.25, 0.3) is 0 Å². The molecule has 0 fully saturated rings. The van der Waals surface area contributed by atoms with Crippen LogP contribution in [-0.2, 0) is 4.79 Å². The Morgan fingerprint density at radius 2 is 2.18 bits per heavy atom. The van der Waals surface area contributed by atoms with Gasteiger partial charge in [0.25, 0.3) is 5.91 Å². The maximum atomic E-state index is 13.0. The van der Waals surface area contributed by atoms with E-state index in [4.69, 9.17) is 4.74 Å². The topological polar surface area (TPSA) is 38.3 Å². The molecule has 22 heavy (non-hydrogen) atoms. The third-order valence-electron chi connectivity index (χ3n) is 3.09. The van der Waals surface area contributed by atoms with Gasteiger partial charge in [0.2, 0.25) is 0 Å². The average Bonchev–Trinajstić information content (AvgIpc) is 2.97. The zero-order chi connectivity index (χ0) is 16.1. The first kappa shape index (κ1) is 17.0. The molecule has 1 atom stereocenters. The molecule has 6 heteroatoms. The molecule has 0 aliphatic rings. The summed E-state index contributed by atoms with van der Waals surface area (Å²) >= 11 is 4.82. The number of nitrogens with one attached hydrogen (secondary N) is 1. The Bertz CT molecular complexity index is 631. The number of ether oxygens (including phenoxy) is 1. The third-order valence-corrected chi connectivity index (χ3v) is 4.66. The highest BCUT2D eigenvalue weighted by Gasteiger charge is 2.19. The molecule has 0 saturated carbocycles. The lowest BCUT2D eigenvalue weighted by Crippen LogP contribution is -2.34. The standard InChI is InChI=1S/C16H17BrFNO2S/c1-10(2)16(14-4-3-7-22-14)19-15(20)9-21-13-6-5-11(18)8-12(13)17/h3-8,10,16H,9H2,1-2H3,(H,19,20). The fourth-order valence-corrected chi connectivity index (χ4v) is 3.40. The molecule has 2 aromatic rings. The molecule has 118 valence electrons. The fraction of sp³-hybridized carbons (Fsp3) is 0.312. The summed E-state index contributed by atoms with van der Waals surface area (Å²) in [5.41, 5.74) is 0. The second kappa shape index (κ2) is 7.74. The van der Waals surface area contributed by atoms with Crippen molar-refractivity contribution < 1.29 is 13.9 Å². The molecule has 2 rings (SSSR count). The normalized spacial score (nSPS) is 12.2. The average molecular weight is 386 g/mol. The largest absolute Gasteiger partial charge is 0.483 e. The molecular weight excluding hydrogens is 369 g/mol. The minimum atomic E-state index is -0.360. The van der Waals surface area contributed by atoms with Gasteiger partial charge in [0, 0.05) is 4.88 Å². The summed E-state index contributed by atoms with van der Waals surface area (Å²) in [5, 5.41) is 4.97. The molecule has 1 N–H and O–H groups in total. The Labute approximate surface area is 141 Å². The number of halogens is 2. The van der Waals surface area contributed by atoms with E-state index in [1.54, 1.807) is 11.3 Å². The van der Waals surface area contributed by atoms with Crippen molar-refractivity contribution in [2.45, 2.75) is 19.9 Å². The Kier molecular flexibility index (Phi) is 5.97. The molecule has 0 saturated heterocycles. The van der Waals surface area contributed by atoms with E-state index in [-0.39, 0.29) is 30.3 Å². The molecule has 1 heterocycles. The van der Waals surface area contributed by atoms with Crippen LogP contribution >= 0.6 is 27.3 Å². The van der Waals surface area contributed by atoms with Crippen molar-refractivity contribution in [1.29, 1.82) is 0 Å². The summed E-state index contributed by atoms with van der Waals surface area (Å²) in [6.07, 6.45) is 0. The Balaban J connectivity index is 1.94. The van der Waals surface area contributed by atoms with E-state index < -0.39 is 0 Å². The minimum absolute atomic E-state index is 0.0345. The lowest BCUT2D eigenvalue weighted by Gasteiger charge is -2.21. The van der Waals surface area contributed by atoms with Crippen molar-refractivity contribution in [2.24, 2.45) is 5.92 Å². The molecular formula is C16H17BrFNO2S. The first-order valence-corrected chi connectivity index (χ1v) is 8.55. The summed E-state index contributed by atoms with van der Waals surface area (Å²) in [6.45, 7) is 4.00. The highest BCUT2D eigenvalue weighted by molar-refractivity contribution is 9.10. The van der Waals surface area contributed by atoms with Gasteiger partial charge < -0.3 is 10.1 Å². The molecule has 0 radical (unpaired) electrons. The van der Waals surface area contributed by atoms with Gasteiger partial charge in [-0.2, -0.15) is 0 Å². The van der Waals surface area contributed by atoms with Gasteiger partial charge in [-0.1, -0.05) is 19.9 Å². The van der Waals surface area contributed by atoms with E-state index >= 15 is 0 Å². The molecule has 1 unspecified atom stereocenters. The Morgan fingerprint density at radius 1 is 1.41 bits per heavy atom.